The number of benzene rings is 2. The zero-order chi connectivity index (χ0) is 20.1. The molecule has 0 saturated heterocycles. The molecule has 2 aliphatic carbocycles. The van der Waals surface area contributed by atoms with E-state index in [4.69, 9.17) is 0 Å². The summed E-state index contributed by atoms with van der Waals surface area (Å²) in [5.74, 6) is -0.791. The van der Waals surface area contributed by atoms with Crippen LogP contribution >= 0.6 is 15.9 Å². The van der Waals surface area contributed by atoms with E-state index >= 15 is 0 Å². The van der Waals surface area contributed by atoms with Gasteiger partial charge in [0.2, 0.25) is 0 Å². The Balaban J connectivity index is 1.83. The van der Waals surface area contributed by atoms with Crippen molar-refractivity contribution in [1.29, 1.82) is 0 Å². The standard InChI is InChI=1S/C20H18BrNO5S/c21-15-8-9-16(22-11-4-2-1-3-5-11)18-17(15)20(24)14-10-12(28(25,26)27)6-7-13(14)19(18)23/h6-11,22H,1-5H2,(H,25,26,27). The summed E-state index contributed by atoms with van der Waals surface area (Å²) in [4.78, 5) is 25.9. The fourth-order valence-electron chi connectivity index (χ4n) is 3.96. The third-order valence-corrected chi connectivity index (χ3v) is 6.86. The quantitative estimate of drug-likeness (QED) is 0.564. The molecule has 0 aromatic heterocycles. The average molecular weight is 464 g/mol. The van der Waals surface area contributed by atoms with Crippen LogP contribution in [0.4, 0.5) is 5.69 Å². The number of fused-ring (bicyclic) bond motifs is 2. The lowest BCUT2D eigenvalue weighted by molar-refractivity contribution is 0.0978. The summed E-state index contributed by atoms with van der Waals surface area (Å²) in [6, 6.07) is 7.24. The summed E-state index contributed by atoms with van der Waals surface area (Å²) in [6.45, 7) is 0. The summed E-state index contributed by atoms with van der Waals surface area (Å²) in [5, 5.41) is 3.42. The van der Waals surface area contributed by atoms with Crippen LogP contribution < -0.4 is 5.32 Å². The second-order valence-electron chi connectivity index (χ2n) is 7.16. The Morgan fingerprint density at radius 1 is 0.929 bits per heavy atom. The lowest BCUT2D eigenvalue weighted by Crippen LogP contribution is -2.27. The second kappa shape index (κ2) is 7.09. The lowest BCUT2D eigenvalue weighted by atomic mass is 9.83. The van der Waals surface area contributed by atoms with Crippen molar-refractivity contribution in [3.8, 4) is 0 Å². The molecule has 0 bridgehead atoms. The van der Waals surface area contributed by atoms with Crippen molar-refractivity contribution in [1.82, 2.24) is 0 Å². The van der Waals surface area contributed by atoms with Gasteiger partial charge in [-0.25, -0.2) is 0 Å². The van der Waals surface area contributed by atoms with E-state index in [9.17, 15) is 22.6 Å². The van der Waals surface area contributed by atoms with E-state index in [0.717, 1.165) is 37.8 Å². The number of nitrogens with one attached hydrogen (secondary N) is 1. The highest BCUT2D eigenvalue weighted by Crippen LogP contribution is 2.38. The van der Waals surface area contributed by atoms with Gasteiger partial charge in [0, 0.05) is 32.9 Å². The molecule has 2 aromatic carbocycles. The maximum Gasteiger partial charge on any atom is 0.294 e. The summed E-state index contributed by atoms with van der Waals surface area (Å²) < 4.78 is 32.6. The molecule has 0 amide bonds. The van der Waals surface area contributed by atoms with E-state index in [1.54, 1.807) is 12.1 Å². The summed E-state index contributed by atoms with van der Waals surface area (Å²) in [5.41, 5.74) is 1.24. The minimum Gasteiger partial charge on any atom is -0.382 e. The zero-order valence-corrected chi connectivity index (χ0v) is 17.3. The highest BCUT2D eigenvalue weighted by atomic mass is 79.9. The van der Waals surface area contributed by atoms with Crippen molar-refractivity contribution in [2.75, 3.05) is 5.32 Å². The van der Waals surface area contributed by atoms with Crippen LogP contribution in [0, 0.1) is 0 Å². The molecule has 6 nitrogen and oxygen atoms in total. The van der Waals surface area contributed by atoms with Crippen LogP contribution in [-0.2, 0) is 10.1 Å². The van der Waals surface area contributed by atoms with Gasteiger partial charge in [-0.05, 0) is 43.2 Å². The Morgan fingerprint density at radius 2 is 1.61 bits per heavy atom. The second-order valence-corrected chi connectivity index (χ2v) is 9.44. The van der Waals surface area contributed by atoms with Gasteiger partial charge >= 0.3 is 0 Å². The Bertz CT molecular complexity index is 1100. The Kier molecular flexibility index (Phi) is 4.89. The van der Waals surface area contributed by atoms with E-state index < -0.39 is 20.8 Å². The zero-order valence-electron chi connectivity index (χ0n) is 14.9. The summed E-state index contributed by atoms with van der Waals surface area (Å²) >= 11 is 3.35. The first kappa shape index (κ1) is 19.3. The first-order chi connectivity index (χ1) is 13.3. The van der Waals surface area contributed by atoms with Crippen LogP contribution in [0.15, 0.2) is 39.7 Å². The van der Waals surface area contributed by atoms with E-state index in [2.05, 4.69) is 21.2 Å². The molecule has 2 aromatic rings. The summed E-state index contributed by atoms with van der Waals surface area (Å²) in [7, 11) is -4.48. The van der Waals surface area contributed by atoms with E-state index in [0.29, 0.717) is 15.7 Å². The monoisotopic (exact) mass is 463 g/mol. The molecule has 0 spiro atoms. The Morgan fingerprint density at radius 3 is 2.29 bits per heavy atom. The molecule has 1 saturated carbocycles. The van der Waals surface area contributed by atoms with Gasteiger partial charge in [-0.2, -0.15) is 8.42 Å². The van der Waals surface area contributed by atoms with Crippen molar-refractivity contribution in [2.24, 2.45) is 0 Å². The predicted octanol–water partition coefficient (Wildman–Crippen LogP) is 4.22. The molecule has 28 heavy (non-hydrogen) atoms. The third kappa shape index (κ3) is 3.29. The molecule has 0 radical (unpaired) electrons. The van der Waals surface area contributed by atoms with Gasteiger partial charge in [-0.15, -0.1) is 0 Å². The average Bonchev–Trinajstić information content (AvgIpc) is 2.67. The highest BCUT2D eigenvalue weighted by molar-refractivity contribution is 9.10. The van der Waals surface area contributed by atoms with Gasteiger partial charge in [-0.3, -0.25) is 14.1 Å². The van der Waals surface area contributed by atoms with Crippen molar-refractivity contribution in [2.45, 2.75) is 43.0 Å². The minimum atomic E-state index is -4.48. The van der Waals surface area contributed by atoms with Gasteiger partial charge in [0.05, 0.1) is 10.5 Å². The number of hydrogen-bond donors (Lipinski definition) is 2. The smallest absolute Gasteiger partial charge is 0.294 e. The van der Waals surface area contributed by atoms with Crippen LogP contribution in [0.1, 0.15) is 63.9 Å². The number of hydrogen-bond acceptors (Lipinski definition) is 5. The number of carbonyl (C=O) groups is 2. The van der Waals surface area contributed by atoms with Crippen molar-refractivity contribution < 1.29 is 22.6 Å². The van der Waals surface area contributed by atoms with Gasteiger partial charge in [0.25, 0.3) is 10.1 Å². The highest BCUT2D eigenvalue weighted by Gasteiger charge is 2.35. The molecule has 1 fully saturated rings. The van der Waals surface area contributed by atoms with Crippen molar-refractivity contribution in [3.05, 3.63) is 57.1 Å². The van der Waals surface area contributed by atoms with Crippen LogP contribution in [0.25, 0.3) is 0 Å². The molecule has 0 aliphatic heterocycles. The van der Waals surface area contributed by atoms with Crippen molar-refractivity contribution in [3.63, 3.8) is 0 Å². The number of anilines is 1. The number of ketones is 2. The molecule has 2 N–H and O–H groups in total. The van der Waals surface area contributed by atoms with E-state index in [-0.39, 0.29) is 28.5 Å². The maximum absolute atomic E-state index is 13.2. The lowest BCUT2D eigenvalue weighted by Gasteiger charge is -2.27. The van der Waals surface area contributed by atoms with Crippen LogP contribution in [0.2, 0.25) is 0 Å². The SMILES string of the molecule is O=C1c2cc(S(=O)(=O)O)ccc2C(=O)c2c(NC3CCCCC3)ccc(Br)c21. The minimum absolute atomic E-state index is 0.0249. The first-order valence-corrected chi connectivity index (χ1v) is 11.3. The first-order valence-electron chi connectivity index (χ1n) is 9.07. The van der Waals surface area contributed by atoms with Gasteiger partial charge in [-0.1, -0.05) is 35.2 Å². The van der Waals surface area contributed by atoms with Crippen LogP contribution in [-0.4, -0.2) is 30.6 Å². The van der Waals surface area contributed by atoms with Gasteiger partial charge in [0.15, 0.2) is 11.6 Å². The predicted molar refractivity (Wildman–Crippen MR) is 108 cm³/mol. The molecule has 8 heteroatoms. The molecular formula is C20H18BrNO5S. The van der Waals surface area contributed by atoms with E-state index in [1.807, 2.05) is 0 Å². The largest absolute Gasteiger partial charge is 0.382 e. The number of halogens is 1. The van der Waals surface area contributed by atoms with Crippen LogP contribution in [0.3, 0.4) is 0 Å². The number of carbonyl (C=O) groups excluding carboxylic acids is 2. The molecular weight excluding hydrogens is 446 g/mol. The van der Waals surface area contributed by atoms with E-state index in [1.165, 1.54) is 12.5 Å². The van der Waals surface area contributed by atoms with Crippen LogP contribution in [0.5, 0.6) is 0 Å². The Labute approximate surface area is 171 Å². The fourth-order valence-corrected chi connectivity index (χ4v) is 4.98. The fraction of sp³-hybridized carbons (Fsp3) is 0.300. The molecule has 2 aliphatic rings. The Hall–Kier alpha value is -2.03. The van der Waals surface area contributed by atoms with Gasteiger partial charge < -0.3 is 5.32 Å². The van der Waals surface area contributed by atoms with Crippen molar-refractivity contribution >= 4 is 43.3 Å². The molecule has 0 unspecified atom stereocenters. The summed E-state index contributed by atoms with van der Waals surface area (Å²) in [6.07, 6.45) is 5.50. The third-order valence-electron chi connectivity index (χ3n) is 5.35. The molecule has 0 atom stereocenters. The maximum atomic E-state index is 13.2. The normalized spacial score (nSPS) is 17.2. The topological polar surface area (TPSA) is 101 Å². The van der Waals surface area contributed by atoms with Gasteiger partial charge in [0.1, 0.15) is 0 Å². The molecule has 4 rings (SSSR count). The number of rotatable bonds is 3. The molecule has 0 heterocycles. The molecule has 146 valence electrons.